The summed E-state index contributed by atoms with van der Waals surface area (Å²) < 4.78 is 110. The van der Waals surface area contributed by atoms with E-state index in [1.807, 2.05) is 0 Å². The van der Waals surface area contributed by atoms with E-state index < -0.39 is 57.7 Å². The van der Waals surface area contributed by atoms with Crippen LogP contribution in [0.2, 0.25) is 0 Å². The van der Waals surface area contributed by atoms with Crippen molar-refractivity contribution in [3.8, 4) is 5.75 Å². The molecule has 15 heteroatoms. The van der Waals surface area contributed by atoms with E-state index in [1.165, 1.54) is 4.90 Å². The molecule has 0 N–H and O–H groups in total. The number of aromatic nitrogens is 2. The maximum atomic E-state index is 13.3. The number of nitrogens with zero attached hydrogens (tertiary/aromatic N) is 3. The monoisotopic (exact) mass is 527 g/mol. The van der Waals surface area contributed by atoms with Gasteiger partial charge in [0.15, 0.2) is 21.8 Å². The van der Waals surface area contributed by atoms with E-state index in [9.17, 15) is 39.6 Å². The van der Waals surface area contributed by atoms with Gasteiger partial charge >= 0.3 is 12.4 Å². The SMILES string of the molecule is C[C@@H](Oc1ccc(S(C)(=O)=O)cc1C(=O)N1CC2C[C@]2(c2noc(CC(F)(F)F)n2)C1)C(F)(F)F. The van der Waals surface area contributed by atoms with E-state index in [0.717, 1.165) is 31.4 Å². The highest BCUT2D eigenvalue weighted by Crippen LogP contribution is 2.58. The molecule has 0 bridgehead atoms. The minimum Gasteiger partial charge on any atom is -0.480 e. The maximum Gasteiger partial charge on any atom is 0.425 e. The van der Waals surface area contributed by atoms with E-state index in [1.54, 1.807) is 0 Å². The highest BCUT2D eigenvalue weighted by atomic mass is 32.2. The van der Waals surface area contributed by atoms with Crippen LogP contribution in [0, 0.1) is 5.92 Å². The lowest BCUT2D eigenvalue weighted by Gasteiger charge is -2.24. The van der Waals surface area contributed by atoms with Gasteiger partial charge in [0, 0.05) is 19.3 Å². The predicted octanol–water partition coefficient (Wildman–Crippen LogP) is 3.32. The van der Waals surface area contributed by atoms with Crippen molar-refractivity contribution in [2.45, 2.75) is 48.5 Å². The second kappa shape index (κ2) is 8.10. The Hall–Kier alpha value is -2.84. The lowest BCUT2D eigenvalue weighted by molar-refractivity contribution is -0.189. The second-order valence-electron chi connectivity index (χ2n) is 8.78. The number of rotatable bonds is 6. The number of hydrogen-bond acceptors (Lipinski definition) is 7. The van der Waals surface area contributed by atoms with Crippen LogP contribution in [0.1, 0.15) is 35.4 Å². The molecule has 1 saturated carbocycles. The number of halogens is 6. The lowest BCUT2D eigenvalue weighted by Crippen LogP contribution is -2.35. The Morgan fingerprint density at radius 2 is 1.97 bits per heavy atom. The molecule has 2 aromatic rings. The molecule has 2 fully saturated rings. The number of alkyl halides is 6. The van der Waals surface area contributed by atoms with Crippen molar-refractivity contribution in [1.82, 2.24) is 15.0 Å². The molecule has 2 heterocycles. The first kappa shape index (κ1) is 25.3. The standard InChI is InChI=1S/C20H19F6N3O5S/c1-10(20(24,25)26)33-14-4-3-12(35(2,31)32)5-13(14)16(30)29-8-11-6-18(11,9-29)17-27-15(34-28-17)7-19(21,22)23/h3-5,10-11H,6-9H2,1-2H3/t10-,11?,18+/m1/s1. The van der Waals surface area contributed by atoms with Crippen molar-refractivity contribution in [3.63, 3.8) is 0 Å². The van der Waals surface area contributed by atoms with Crippen LogP contribution < -0.4 is 4.74 Å². The van der Waals surface area contributed by atoms with Gasteiger partial charge in [-0.05, 0) is 37.5 Å². The van der Waals surface area contributed by atoms with Crippen LogP contribution in [0.4, 0.5) is 26.3 Å². The largest absolute Gasteiger partial charge is 0.480 e. The van der Waals surface area contributed by atoms with Crippen molar-refractivity contribution < 1.29 is 48.8 Å². The third-order valence-electron chi connectivity index (χ3n) is 6.07. The van der Waals surface area contributed by atoms with E-state index in [0.29, 0.717) is 6.42 Å². The fourth-order valence-electron chi connectivity index (χ4n) is 4.12. The van der Waals surface area contributed by atoms with Crippen LogP contribution in [0.3, 0.4) is 0 Å². The van der Waals surface area contributed by atoms with Crippen LogP contribution >= 0.6 is 0 Å². The topological polar surface area (TPSA) is 103 Å². The number of carbonyl (C=O) groups excluding carboxylic acids is 1. The summed E-state index contributed by atoms with van der Waals surface area (Å²) in [5.41, 5.74) is -1.22. The van der Waals surface area contributed by atoms with Gasteiger partial charge in [-0.3, -0.25) is 4.79 Å². The average molecular weight is 527 g/mol. The first-order valence-corrected chi connectivity index (χ1v) is 12.2. The van der Waals surface area contributed by atoms with Gasteiger partial charge in [-0.15, -0.1) is 0 Å². The molecule has 1 amide bonds. The number of ether oxygens (including phenoxy) is 1. The summed E-state index contributed by atoms with van der Waals surface area (Å²) in [5, 5.41) is 3.64. The minimum atomic E-state index is -4.73. The molecule has 1 aromatic heterocycles. The summed E-state index contributed by atoms with van der Waals surface area (Å²) in [6.45, 7) is 0.839. The fourth-order valence-corrected chi connectivity index (χ4v) is 4.77. The Balaban J connectivity index is 1.60. The number of piperidine rings is 1. The Morgan fingerprint density at radius 1 is 1.29 bits per heavy atom. The third kappa shape index (κ3) is 5.09. The second-order valence-corrected chi connectivity index (χ2v) is 10.8. The van der Waals surface area contributed by atoms with Crippen molar-refractivity contribution in [1.29, 1.82) is 0 Å². The van der Waals surface area contributed by atoms with Crippen LogP contribution in [0.5, 0.6) is 5.75 Å². The normalized spacial score (nSPS) is 23.2. The number of hydrogen-bond donors (Lipinski definition) is 0. The Kier molecular flexibility index (Phi) is 5.84. The Bertz CT molecular complexity index is 1260. The maximum absolute atomic E-state index is 13.3. The molecule has 0 radical (unpaired) electrons. The van der Waals surface area contributed by atoms with Crippen LogP contribution in [0.25, 0.3) is 0 Å². The molecule has 1 aliphatic carbocycles. The zero-order chi connectivity index (χ0) is 26.0. The smallest absolute Gasteiger partial charge is 0.425 e. The molecule has 1 aliphatic heterocycles. The van der Waals surface area contributed by atoms with Crippen molar-refractivity contribution >= 4 is 15.7 Å². The molecule has 8 nitrogen and oxygen atoms in total. The summed E-state index contributed by atoms with van der Waals surface area (Å²) >= 11 is 0. The van der Waals surface area contributed by atoms with Gasteiger partial charge in [-0.1, -0.05) is 5.16 Å². The van der Waals surface area contributed by atoms with E-state index in [2.05, 4.69) is 10.1 Å². The predicted molar refractivity (Wildman–Crippen MR) is 105 cm³/mol. The molecule has 35 heavy (non-hydrogen) atoms. The fraction of sp³-hybridized carbons (Fsp3) is 0.550. The Labute approximate surface area is 195 Å². The molecular weight excluding hydrogens is 508 g/mol. The number of sulfone groups is 1. The van der Waals surface area contributed by atoms with Crippen molar-refractivity contribution in [3.05, 3.63) is 35.5 Å². The summed E-state index contributed by atoms with van der Waals surface area (Å²) in [4.78, 5) is 18.1. The van der Waals surface area contributed by atoms with Crippen LogP contribution in [0.15, 0.2) is 27.6 Å². The van der Waals surface area contributed by atoms with Gasteiger partial charge in [-0.25, -0.2) is 8.42 Å². The molecule has 1 unspecified atom stereocenters. The van der Waals surface area contributed by atoms with Gasteiger partial charge in [0.2, 0.25) is 5.89 Å². The van der Waals surface area contributed by atoms with Crippen molar-refractivity contribution in [2.24, 2.45) is 5.92 Å². The molecule has 2 aliphatic rings. The van der Waals surface area contributed by atoms with E-state index >= 15 is 0 Å². The molecule has 3 atom stereocenters. The molecular formula is C20H19F6N3O5S. The van der Waals surface area contributed by atoms with Gasteiger partial charge in [-0.2, -0.15) is 31.3 Å². The molecule has 192 valence electrons. The van der Waals surface area contributed by atoms with Crippen LogP contribution in [-0.4, -0.2) is 67.2 Å². The molecule has 1 aromatic carbocycles. The lowest BCUT2D eigenvalue weighted by atomic mass is 10.1. The van der Waals surface area contributed by atoms with Gasteiger partial charge in [0.1, 0.15) is 12.2 Å². The van der Waals surface area contributed by atoms with E-state index in [-0.39, 0.29) is 35.3 Å². The van der Waals surface area contributed by atoms with Gasteiger partial charge < -0.3 is 14.2 Å². The van der Waals surface area contributed by atoms with Crippen molar-refractivity contribution in [2.75, 3.05) is 19.3 Å². The third-order valence-corrected chi connectivity index (χ3v) is 7.18. The number of likely N-dealkylation sites (tertiary alicyclic amines) is 1. The highest BCUT2D eigenvalue weighted by molar-refractivity contribution is 7.90. The average Bonchev–Trinajstić information content (AvgIpc) is 3.05. The zero-order valence-corrected chi connectivity index (χ0v) is 19.1. The van der Waals surface area contributed by atoms with Gasteiger partial charge in [0.25, 0.3) is 5.91 Å². The van der Waals surface area contributed by atoms with E-state index in [4.69, 9.17) is 9.26 Å². The minimum absolute atomic E-state index is 0.0177. The summed E-state index contributed by atoms with van der Waals surface area (Å²) in [6.07, 6.45) is -11.6. The number of benzene rings is 1. The number of amides is 1. The first-order valence-electron chi connectivity index (χ1n) is 10.3. The summed E-state index contributed by atoms with van der Waals surface area (Å²) in [5.74, 6) is -2.03. The van der Waals surface area contributed by atoms with Crippen LogP contribution in [-0.2, 0) is 21.7 Å². The van der Waals surface area contributed by atoms with Gasteiger partial charge in [0.05, 0.1) is 15.9 Å². The molecule has 1 saturated heterocycles. The highest BCUT2D eigenvalue weighted by Gasteiger charge is 2.64. The zero-order valence-electron chi connectivity index (χ0n) is 18.3. The molecule has 0 spiro atoms. The quantitative estimate of drug-likeness (QED) is 0.531. The first-order chi connectivity index (χ1) is 16.0. The molecule has 4 rings (SSSR count). The number of carbonyl (C=O) groups is 1. The Morgan fingerprint density at radius 3 is 2.57 bits per heavy atom. The number of fused-ring (bicyclic) bond motifs is 1. The summed E-state index contributed by atoms with van der Waals surface area (Å²) in [7, 11) is -3.80. The summed E-state index contributed by atoms with van der Waals surface area (Å²) in [6, 6.07) is 2.97.